The van der Waals surface area contributed by atoms with E-state index in [1.54, 1.807) is 0 Å². The van der Waals surface area contributed by atoms with Crippen LogP contribution in [0.3, 0.4) is 0 Å². The quantitative estimate of drug-likeness (QED) is 0.431. The highest BCUT2D eigenvalue weighted by Gasteiger charge is 2.28. The SMILES string of the molecule is CCNC(=NCC(C)(C)N1CCOCC1)NCC(O)COc1ccc(F)cc1. The van der Waals surface area contributed by atoms with Crippen molar-refractivity contribution in [3.05, 3.63) is 30.1 Å². The maximum atomic E-state index is 12.9. The standard InChI is InChI=1S/C20H33FN4O3/c1-4-22-19(24-15-20(2,3)25-9-11-27-12-10-25)23-13-17(26)14-28-18-7-5-16(21)6-8-18/h5-8,17,26H,4,9-15H2,1-3H3,(H2,22,23,24). The van der Waals surface area contributed by atoms with Crippen molar-refractivity contribution < 1.29 is 19.0 Å². The molecule has 1 aliphatic heterocycles. The van der Waals surface area contributed by atoms with Crippen molar-refractivity contribution in [3.8, 4) is 5.75 Å². The Morgan fingerprint density at radius 1 is 1.29 bits per heavy atom. The van der Waals surface area contributed by atoms with Crippen molar-refractivity contribution in [2.45, 2.75) is 32.4 Å². The number of halogens is 1. The number of benzene rings is 1. The maximum absolute atomic E-state index is 12.9. The van der Waals surface area contributed by atoms with E-state index in [2.05, 4.69) is 34.4 Å². The fourth-order valence-electron chi connectivity index (χ4n) is 2.88. The summed E-state index contributed by atoms with van der Waals surface area (Å²) in [7, 11) is 0. The summed E-state index contributed by atoms with van der Waals surface area (Å²) in [6.07, 6.45) is -0.721. The number of rotatable bonds is 9. The van der Waals surface area contributed by atoms with Gasteiger partial charge < -0.3 is 25.2 Å². The Labute approximate surface area is 166 Å². The van der Waals surface area contributed by atoms with Gasteiger partial charge in [0.05, 0.1) is 19.8 Å². The highest BCUT2D eigenvalue weighted by Crippen LogP contribution is 2.16. The Balaban J connectivity index is 1.80. The molecule has 1 unspecified atom stereocenters. The van der Waals surface area contributed by atoms with Crippen LogP contribution in [0, 0.1) is 5.82 Å². The van der Waals surface area contributed by atoms with Crippen LogP contribution < -0.4 is 15.4 Å². The molecule has 3 N–H and O–H groups in total. The Kier molecular flexibility index (Phi) is 8.95. The van der Waals surface area contributed by atoms with Crippen molar-refractivity contribution in [3.63, 3.8) is 0 Å². The van der Waals surface area contributed by atoms with Gasteiger partial charge in [-0.15, -0.1) is 0 Å². The van der Waals surface area contributed by atoms with E-state index >= 15 is 0 Å². The number of aliphatic hydroxyl groups is 1. The number of ether oxygens (including phenoxy) is 2. The lowest BCUT2D eigenvalue weighted by Crippen LogP contribution is -2.52. The van der Waals surface area contributed by atoms with Crippen LogP contribution in [0.5, 0.6) is 5.75 Å². The molecule has 1 heterocycles. The molecule has 2 rings (SSSR count). The summed E-state index contributed by atoms with van der Waals surface area (Å²) in [5.74, 6) is 0.860. The number of hydrogen-bond acceptors (Lipinski definition) is 5. The molecule has 28 heavy (non-hydrogen) atoms. The number of aliphatic hydroxyl groups excluding tert-OH is 1. The largest absolute Gasteiger partial charge is 0.491 e. The third-order valence-electron chi connectivity index (χ3n) is 4.60. The normalized spacial score (nSPS) is 17.2. The van der Waals surface area contributed by atoms with Crippen LogP contribution >= 0.6 is 0 Å². The first-order valence-electron chi connectivity index (χ1n) is 9.82. The highest BCUT2D eigenvalue weighted by molar-refractivity contribution is 5.79. The van der Waals surface area contributed by atoms with Crippen LogP contribution in [0.2, 0.25) is 0 Å². The zero-order valence-electron chi connectivity index (χ0n) is 17.1. The van der Waals surface area contributed by atoms with Gasteiger partial charge in [-0.05, 0) is 45.0 Å². The summed E-state index contributed by atoms with van der Waals surface area (Å²) in [6, 6.07) is 5.72. The summed E-state index contributed by atoms with van der Waals surface area (Å²) >= 11 is 0. The van der Waals surface area contributed by atoms with E-state index in [0.717, 1.165) is 32.8 Å². The van der Waals surface area contributed by atoms with Gasteiger partial charge in [0.15, 0.2) is 5.96 Å². The molecule has 1 saturated heterocycles. The van der Waals surface area contributed by atoms with Gasteiger partial charge >= 0.3 is 0 Å². The third kappa shape index (κ3) is 7.61. The van der Waals surface area contributed by atoms with Gasteiger partial charge in [0.25, 0.3) is 0 Å². The molecule has 0 radical (unpaired) electrons. The molecule has 0 bridgehead atoms. The predicted octanol–water partition coefficient (Wildman–Crippen LogP) is 1.23. The number of nitrogens with zero attached hydrogens (tertiary/aromatic N) is 2. The topological polar surface area (TPSA) is 78.4 Å². The van der Waals surface area contributed by atoms with Gasteiger partial charge in [-0.3, -0.25) is 9.89 Å². The number of morpholine rings is 1. The van der Waals surface area contributed by atoms with Crippen molar-refractivity contribution >= 4 is 5.96 Å². The fourth-order valence-corrected chi connectivity index (χ4v) is 2.88. The van der Waals surface area contributed by atoms with Crippen molar-refractivity contribution in [1.29, 1.82) is 0 Å². The number of aliphatic imine (C=N–C) groups is 1. The minimum absolute atomic E-state index is 0.0730. The van der Waals surface area contributed by atoms with E-state index < -0.39 is 6.10 Å². The summed E-state index contributed by atoms with van der Waals surface area (Å²) in [4.78, 5) is 7.06. The van der Waals surface area contributed by atoms with Gasteiger partial charge in [0, 0.05) is 31.7 Å². The maximum Gasteiger partial charge on any atom is 0.191 e. The van der Waals surface area contributed by atoms with Gasteiger partial charge in [0.2, 0.25) is 0 Å². The molecule has 1 aromatic rings. The molecule has 7 nitrogen and oxygen atoms in total. The molecule has 1 aromatic carbocycles. The lowest BCUT2D eigenvalue weighted by atomic mass is 10.0. The molecular weight excluding hydrogens is 363 g/mol. The van der Waals surface area contributed by atoms with Crippen molar-refractivity contribution in [2.75, 3.05) is 52.5 Å². The minimum atomic E-state index is -0.721. The second kappa shape index (κ2) is 11.2. The van der Waals surface area contributed by atoms with Gasteiger partial charge in [-0.2, -0.15) is 0 Å². The molecule has 8 heteroatoms. The Bertz CT molecular complexity index is 604. The molecule has 0 amide bonds. The third-order valence-corrected chi connectivity index (χ3v) is 4.60. The molecule has 1 atom stereocenters. The highest BCUT2D eigenvalue weighted by atomic mass is 19.1. The van der Waals surface area contributed by atoms with Gasteiger partial charge in [-0.25, -0.2) is 4.39 Å². The van der Waals surface area contributed by atoms with Crippen LogP contribution in [0.25, 0.3) is 0 Å². The average Bonchev–Trinajstić information content (AvgIpc) is 2.70. The lowest BCUT2D eigenvalue weighted by molar-refractivity contribution is -0.00684. The van der Waals surface area contributed by atoms with Crippen molar-refractivity contribution in [2.24, 2.45) is 4.99 Å². The van der Waals surface area contributed by atoms with Crippen LogP contribution in [0.4, 0.5) is 4.39 Å². The minimum Gasteiger partial charge on any atom is -0.491 e. The summed E-state index contributed by atoms with van der Waals surface area (Å²) in [5.41, 5.74) is -0.0730. The lowest BCUT2D eigenvalue weighted by Gasteiger charge is -2.39. The van der Waals surface area contributed by atoms with E-state index in [1.807, 2.05) is 6.92 Å². The molecule has 0 aromatic heterocycles. The molecule has 0 aliphatic carbocycles. The predicted molar refractivity (Wildman–Crippen MR) is 108 cm³/mol. The van der Waals surface area contributed by atoms with Gasteiger partial charge in [-0.1, -0.05) is 0 Å². The van der Waals surface area contributed by atoms with Crippen LogP contribution in [0.1, 0.15) is 20.8 Å². The molecule has 0 saturated carbocycles. The zero-order chi connectivity index (χ0) is 20.4. The first kappa shape index (κ1) is 22.4. The van der Waals surface area contributed by atoms with Crippen LogP contribution in [-0.4, -0.2) is 80.2 Å². The Morgan fingerprint density at radius 2 is 1.96 bits per heavy atom. The molecule has 1 aliphatic rings. The summed E-state index contributed by atoms with van der Waals surface area (Å²) in [6.45, 7) is 11.4. The van der Waals surface area contributed by atoms with Gasteiger partial charge in [0.1, 0.15) is 24.3 Å². The first-order valence-corrected chi connectivity index (χ1v) is 9.82. The number of nitrogens with one attached hydrogen (secondary N) is 2. The van der Waals surface area contributed by atoms with Crippen LogP contribution in [0.15, 0.2) is 29.3 Å². The van der Waals surface area contributed by atoms with E-state index in [0.29, 0.717) is 24.8 Å². The van der Waals surface area contributed by atoms with E-state index in [-0.39, 0.29) is 18.0 Å². The fraction of sp³-hybridized carbons (Fsp3) is 0.650. The molecule has 0 spiro atoms. The van der Waals surface area contributed by atoms with Crippen LogP contribution in [-0.2, 0) is 4.74 Å². The van der Waals surface area contributed by atoms with E-state index in [1.165, 1.54) is 24.3 Å². The van der Waals surface area contributed by atoms with Crippen molar-refractivity contribution in [1.82, 2.24) is 15.5 Å². The molecular formula is C20H33FN4O3. The van der Waals surface area contributed by atoms with E-state index in [9.17, 15) is 9.50 Å². The zero-order valence-corrected chi connectivity index (χ0v) is 17.1. The summed E-state index contributed by atoms with van der Waals surface area (Å²) in [5, 5.41) is 16.5. The smallest absolute Gasteiger partial charge is 0.191 e. The van der Waals surface area contributed by atoms with E-state index in [4.69, 9.17) is 9.47 Å². The molecule has 1 fully saturated rings. The Hall–Kier alpha value is -1.90. The average molecular weight is 397 g/mol. The second-order valence-corrected chi connectivity index (χ2v) is 7.41. The number of guanidine groups is 1. The first-order chi connectivity index (χ1) is 13.4. The summed E-state index contributed by atoms with van der Waals surface area (Å²) < 4.78 is 23.8. The number of hydrogen-bond donors (Lipinski definition) is 3. The Morgan fingerprint density at radius 3 is 2.61 bits per heavy atom. The molecule has 158 valence electrons. The second-order valence-electron chi connectivity index (χ2n) is 7.41. The monoisotopic (exact) mass is 396 g/mol.